The van der Waals surface area contributed by atoms with Crippen LogP contribution >= 0.6 is 0 Å². The van der Waals surface area contributed by atoms with Crippen LogP contribution in [0.3, 0.4) is 0 Å². The fraction of sp³-hybridized carbons (Fsp3) is 0.300. The predicted octanol–water partition coefficient (Wildman–Crippen LogP) is 2.61. The molecule has 2 amide bonds. The Morgan fingerprint density at radius 1 is 1.10 bits per heavy atom. The smallest absolute Gasteiger partial charge is 0.273 e. The van der Waals surface area contributed by atoms with Gasteiger partial charge in [0.15, 0.2) is 0 Å². The first-order chi connectivity index (χ1) is 14.4. The maximum absolute atomic E-state index is 12.8. The molecule has 0 radical (unpaired) electrons. The van der Waals surface area contributed by atoms with E-state index in [1.165, 1.54) is 44.4 Å². The Morgan fingerprint density at radius 2 is 1.83 bits per heavy atom. The first kappa shape index (κ1) is 20.9. The number of non-ortho nitro benzene ring substituents is 1. The molecule has 1 aliphatic heterocycles. The van der Waals surface area contributed by atoms with Gasteiger partial charge in [-0.15, -0.1) is 0 Å². The van der Waals surface area contributed by atoms with Crippen LogP contribution in [0.4, 0.5) is 17.1 Å². The van der Waals surface area contributed by atoms with Gasteiger partial charge in [-0.05, 0) is 18.2 Å². The van der Waals surface area contributed by atoms with Crippen LogP contribution in [-0.4, -0.2) is 44.6 Å². The van der Waals surface area contributed by atoms with Gasteiger partial charge in [0, 0.05) is 25.1 Å². The van der Waals surface area contributed by atoms with Crippen LogP contribution in [0.25, 0.3) is 0 Å². The summed E-state index contributed by atoms with van der Waals surface area (Å²) in [5, 5.41) is 13.8. The number of nitrogens with zero attached hydrogens (tertiary/aromatic N) is 2. The molecule has 3 rings (SSSR count). The van der Waals surface area contributed by atoms with Crippen LogP contribution in [0.2, 0.25) is 0 Å². The van der Waals surface area contributed by atoms with Crippen molar-refractivity contribution >= 4 is 28.9 Å². The summed E-state index contributed by atoms with van der Waals surface area (Å²) >= 11 is 0. The van der Waals surface area contributed by atoms with Gasteiger partial charge in [0.2, 0.25) is 11.8 Å². The molecule has 1 atom stereocenters. The monoisotopic (exact) mass is 415 g/mol. The van der Waals surface area contributed by atoms with Crippen LogP contribution < -0.4 is 24.4 Å². The Kier molecular flexibility index (Phi) is 6.05. The van der Waals surface area contributed by atoms with Crippen LogP contribution in [0.15, 0.2) is 36.4 Å². The highest BCUT2D eigenvalue weighted by Gasteiger charge is 2.37. The third kappa shape index (κ3) is 4.12. The molecular weight excluding hydrogens is 394 g/mol. The van der Waals surface area contributed by atoms with Crippen molar-refractivity contribution in [1.82, 2.24) is 0 Å². The van der Waals surface area contributed by atoms with Crippen molar-refractivity contribution < 1.29 is 28.7 Å². The fourth-order valence-corrected chi connectivity index (χ4v) is 3.27. The van der Waals surface area contributed by atoms with E-state index in [0.29, 0.717) is 22.9 Å². The number of nitrogens with one attached hydrogen (secondary N) is 1. The standard InChI is InChI=1S/C20H21N3O7/c1-28-14-5-7-17(29-2)15(10-14)21-20(25)12-8-19(24)22(11-12)16-6-4-13(23(26)27)9-18(16)30-3/h4-7,9-10,12H,8,11H2,1-3H3,(H,21,25)/t12-/m0/s1. The number of hydrogen-bond donors (Lipinski definition) is 1. The molecule has 0 bridgehead atoms. The number of ether oxygens (including phenoxy) is 3. The average molecular weight is 415 g/mol. The van der Waals surface area contributed by atoms with Crippen molar-refractivity contribution in [3.05, 3.63) is 46.5 Å². The molecule has 158 valence electrons. The van der Waals surface area contributed by atoms with Gasteiger partial charge in [-0.2, -0.15) is 0 Å². The van der Waals surface area contributed by atoms with E-state index in [1.54, 1.807) is 18.2 Å². The van der Waals surface area contributed by atoms with Crippen LogP contribution in [0, 0.1) is 16.0 Å². The number of methoxy groups -OCH3 is 3. The first-order valence-corrected chi connectivity index (χ1v) is 9.03. The summed E-state index contributed by atoms with van der Waals surface area (Å²) < 4.78 is 15.7. The third-order valence-corrected chi connectivity index (χ3v) is 4.83. The normalized spacial score (nSPS) is 15.6. The number of hydrogen-bond acceptors (Lipinski definition) is 7. The minimum atomic E-state index is -0.617. The predicted molar refractivity (Wildman–Crippen MR) is 108 cm³/mol. The van der Waals surface area contributed by atoms with Crippen molar-refractivity contribution in [1.29, 1.82) is 0 Å². The molecule has 0 saturated carbocycles. The zero-order chi connectivity index (χ0) is 21.8. The number of nitro groups is 1. The van der Waals surface area contributed by atoms with Crippen LogP contribution in [0.1, 0.15) is 6.42 Å². The van der Waals surface area contributed by atoms with Gasteiger partial charge in [-0.1, -0.05) is 0 Å². The van der Waals surface area contributed by atoms with E-state index in [0.717, 1.165) is 0 Å². The molecule has 30 heavy (non-hydrogen) atoms. The lowest BCUT2D eigenvalue weighted by molar-refractivity contribution is -0.384. The molecule has 1 N–H and O–H groups in total. The molecule has 2 aromatic carbocycles. The summed E-state index contributed by atoms with van der Waals surface area (Å²) in [7, 11) is 4.36. The van der Waals surface area contributed by atoms with E-state index in [1.807, 2.05) is 0 Å². The molecule has 1 saturated heterocycles. The molecule has 0 unspecified atom stereocenters. The second-order valence-corrected chi connectivity index (χ2v) is 6.57. The van der Waals surface area contributed by atoms with Crippen molar-refractivity contribution in [2.75, 3.05) is 38.1 Å². The van der Waals surface area contributed by atoms with Crippen LogP contribution in [-0.2, 0) is 9.59 Å². The molecular formula is C20H21N3O7. The topological polar surface area (TPSA) is 120 Å². The Labute approximate surface area is 172 Å². The van der Waals surface area contributed by atoms with E-state index in [2.05, 4.69) is 5.32 Å². The Morgan fingerprint density at radius 3 is 2.47 bits per heavy atom. The quantitative estimate of drug-likeness (QED) is 0.545. The van der Waals surface area contributed by atoms with Crippen LogP contribution in [0.5, 0.6) is 17.2 Å². The number of anilines is 2. The lowest BCUT2D eigenvalue weighted by Gasteiger charge is -2.19. The average Bonchev–Trinajstić information content (AvgIpc) is 3.14. The highest BCUT2D eigenvalue weighted by molar-refractivity contribution is 6.04. The summed E-state index contributed by atoms with van der Waals surface area (Å²) in [6.07, 6.45) is -0.00173. The zero-order valence-corrected chi connectivity index (χ0v) is 16.7. The number of amides is 2. The number of rotatable bonds is 7. The lowest BCUT2D eigenvalue weighted by atomic mass is 10.1. The van der Waals surface area contributed by atoms with Gasteiger partial charge in [0.25, 0.3) is 5.69 Å². The molecule has 1 fully saturated rings. The molecule has 0 aliphatic carbocycles. The second kappa shape index (κ2) is 8.68. The van der Waals surface area contributed by atoms with Gasteiger partial charge >= 0.3 is 0 Å². The molecule has 1 aliphatic rings. The summed E-state index contributed by atoms with van der Waals surface area (Å²) in [5.41, 5.74) is 0.657. The number of carbonyl (C=O) groups excluding carboxylic acids is 2. The number of nitro benzene ring substituents is 1. The summed E-state index contributed by atoms with van der Waals surface area (Å²) in [5.74, 6) is -0.0484. The highest BCUT2D eigenvalue weighted by Crippen LogP contribution is 2.36. The second-order valence-electron chi connectivity index (χ2n) is 6.57. The lowest BCUT2D eigenvalue weighted by Crippen LogP contribution is -2.28. The Bertz CT molecular complexity index is 992. The SMILES string of the molecule is COc1ccc(OC)c(NC(=O)[C@H]2CC(=O)N(c3ccc([N+](=O)[O-])cc3OC)C2)c1. The maximum atomic E-state index is 12.8. The van der Waals surface area contributed by atoms with Crippen molar-refractivity contribution in [3.8, 4) is 17.2 Å². The van der Waals surface area contributed by atoms with E-state index in [-0.39, 0.29) is 36.2 Å². The molecule has 1 heterocycles. The van der Waals surface area contributed by atoms with Crippen molar-refractivity contribution in [3.63, 3.8) is 0 Å². The molecule has 0 aromatic heterocycles. The van der Waals surface area contributed by atoms with Gasteiger partial charge in [-0.25, -0.2) is 0 Å². The van der Waals surface area contributed by atoms with Crippen molar-refractivity contribution in [2.24, 2.45) is 5.92 Å². The summed E-state index contributed by atoms with van der Waals surface area (Å²) in [4.78, 5) is 37.2. The van der Waals surface area contributed by atoms with E-state index >= 15 is 0 Å². The van der Waals surface area contributed by atoms with Gasteiger partial charge in [0.05, 0.1) is 49.6 Å². The van der Waals surface area contributed by atoms with Gasteiger partial charge in [-0.3, -0.25) is 19.7 Å². The van der Waals surface area contributed by atoms with Gasteiger partial charge < -0.3 is 24.4 Å². The maximum Gasteiger partial charge on any atom is 0.273 e. The van der Waals surface area contributed by atoms with E-state index in [9.17, 15) is 19.7 Å². The van der Waals surface area contributed by atoms with E-state index in [4.69, 9.17) is 14.2 Å². The fourth-order valence-electron chi connectivity index (χ4n) is 3.27. The van der Waals surface area contributed by atoms with Crippen molar-refractivity contribution in [2.45, 2.75) is 6.42 Å². The number of carbonyl (C=O) groups is 2. The van der Waals surface area contributed by atoms with E-state index < -0.39 is 10.8 Å². The largest absolute Gasteiger partial charge is 0.497 e. The first-order valence-electron chi connectivity index (χ1n) is 9.03. The minimum absolute atomic E-state index is 0.00173. The Balaban J connectivity index is 1.79. The molecule has 10 heteroatoms. The third-order valence-electron chi connectivity index (χ3n) is 4.83. The van der Waals surface area contributed by atoms with Gasteiger partial charge in [0.1, 0.15) is 17.2 Å². The number of benzene rings is 2. The summed E-state index contributed by atoms with van der Waals surface area (Å²) in [6, 6.07) is 8.99. The molecule has 10 nitrogen and oxygen atoms in total. The highest BCUT2D eigenvalue weighted by atomic mass is 16.6. The zero-order valence-electron chi connectivity index (χ0n) is 16.7. The summed E-state index contributed by atoms with van der Waals surface area (Å²) in [6.45, 7) is 0.116. The Hall–Kier alpha value is -3.82. The molecule has 0 spiro atoms. The minimum Gasteiger partial charge on any atom is -0.497 e. The molecule has 2 aromatic rings.